The lowest BCUT2D eigenvalue weighted by Crippen LogP contribution is -2.38. The predicted octanol–water partition coefficient (Wildman–Crippen LogP) is 4.27. The number of aryl methyl sites for hydroxylation is 2. The Kier molecular flexibility index (Phi) is 7.07. The molecule has 0 radical (unpaired) electrons. The van der Waals surface area contributed by atoms with Gasteiger partial charge in [-0.3, -0.25) is 4.79 Å². The zero-order valence-corrected chi connectivity index (χ0v) is 18.5. The first-order valence-corrected chi connectivity index (χ1v) is 10.3. The molecular formula is C24H29FN4O2. The third-order valence-corrected chi connectivity index (χ3v) is 5.32. The van der Waals surface area contributed by atoms with Crippen molar-refractivity contribution in [2.75, 3.05) is 32.5 Å². The van der Waals surface area contributed by atoms with Crippen LogP contribution in [0.1, 0.15) is 23.1 Å². The number of aromatic nitrogens is 1. The topological polar surface area (TPSA) is 68.4 Å². The van der Waals surface area contributed by atoms with Crippen LogP contribution in [0.15, 0.2) is 47.3 Å². The largest absolute Gasteiger partial charge is 0.322 e. The van der Waals surface area contributed by atoms with Crippen LogP contribution in [-0.2, 0) is 6.54 Å². The van der Waals surface area contributed by atoms with E-state index in [4.69, 9.17) is 0 Å². The lowest BCUT2D eigenvalue weighted by atomic mass is 10.0. The smallest absolute Gasteiger partial charge is 0.321 e. The van der Waals surface area contributed by atoms with E-state index >= 15 is 0 Å². The first-order valence-electron chi connectivity index (χ1n) is 10.3. The van der Waals surface area contributed by atoms with Crippen LogP contribution in [0.4, 0.5) is 14.9 Å². The van der Waals surface area contributed by atoms with Crippen LogP contribution in [0.5, 0.6) is 0 Å². The van der Waals surface area contributed by atoms with Gasteiger partial charge in [-0.25, -0.2) is 9.18 Å². The number of carbonyl (C=O) groups excluding carboxylic acids is 1. The van der Waals surface area contributed by atoms with Crippen molar-refractivity contribution in [2.45, 2.75) is 26.8 Å². The summed E-state index contributed by atoms with van der Waals surface area (Å²) in [6.45, 7) is 5.29. The van der Waals surface area contributed by atoms with Gasteiger partial charge < -0.3 is 20.1 Å². The van der Waals surface area contributed by atoms with Gasteiger partial charge in [-0.1, -0.05) is 24.3 Å². The van der Waals surface area contributed by atoms with Crippen molar-refractivity contribution in [1.29, 1.82) is 0 Å². The van der Waals surface area contributed by atoms with E-state index < -0.39 is 11.8 Å². The van der Waals surface area contributed by atoms with E-state index in [2.05, 4.69) is 10.3 Å². The molecule has 0 spiro atoms. The molecule has 1 heterocycles. The van der Waals surface area contributed by atoms with E-state index in [0.717, 1.165) is 35.0 Å². The first-order chi connectivity index (χ1) is 14.8. The minimum Gasteiger partial charge on any atom is -0.321 e. The molecule has 3 aromatic rings. The second-order valence-electron chi connectivity index (χ2n) is 8.10. The average molecular weight is 425 g/mol. The minimum absolute atomic E-state index is 0.115. The summed E-state index contributed by atoms with van der Waals surface area (Å²) in [7, 11) is 3.92. The maximum atomic E-state index is 14.0. The fraction of sp³-hybridized carbons (Fsp3) is 0.333. The highest BCUT2D eigenvalue weighted by Crippen LogP contribution is 2.20. The summed E-state index contributed by atoms with van der Waals surface area (Å²) < 4.78 is 14.0. The highest BCUT2D eigenvalue weighted by molar-refractivity contribution is 5.89. The number of amides is 2. The van der Waals surface area contributed by atoms with Crippen LogP contribution >= 0.6 is 0 Å². The number of benzene rings is 2. The summed E-state index contributed by atoms with van der Waals surface area (Å²) in [6.07, 6.45) is 0.724. The SMILES string of the molecule is Cc1ccc(C)c2[nH]c(=O)c(CN(CCCN(C)C)C(=O)Nc3ccccc3F)cc12. The lowest BCUT2D eigenvalue weighted by molar-refractivity contribution is 0.205. The third-order valence-electron chi connectivity index (χ3n) is 5.32. The molecule has 0 saturated carbocycles. The molecule has 2 amide bonds. The van der Waals surface area contributed by atoms with Crippen molar-refractivity contribution in [1.82, 2.24) is 14.8 Å². The maximum Gasteiger partial charge on any atom is 0.322 e. The molecule has 0 aliphatic heterocycles. The number of pyridine rings is 1. The van der Waals surface area contributed by atoms with Crippen LogP contribution in [0, 0.1) is 19.7 Å². The Morgan fingerprint density at radius 1 is 1.06 bits per heavy atom. The number of hydrogen-bond donors (Lipinski definition) is 2. The van der Waals surface area contributed by atoms with Crippen molar-refractivity contribution < 1.29 is 9.18 Å². The Morgan fingerprint density at radius 2 is 1.77 bits per heavy atom. The molecular weight excluding hydrogens is 395 g/mol. The number of nitrogens with one attached hydrogen (secondary N) is 2. The molecule has 2 N–H and O–H groups in total. The predicted molar refractivity (Wildman–Crippen MR) is 123 cm³/mol. The molecule has 0 unspecified atom stereocenters. The minimum atomic E-state index is -0.501. The highest BCUT2D eigenvalue weighted by atomic mass is 19.1. The fourth-order valence-electron chi connectivity index (χ4n) is 3.53. The Hall–Kier alpha value is -3.19. The fourth-order valence-corrected chi connectivity index (χ4v) is 3.53. The maximum absolute atomic E-state index is 14.0. The van der Waals surface area contributed by atoms with Gasteiger partial charge in [-0.15, -0.1) is 0 Å². The van der Waals surface area contributed by atoms with Crippen LogP contribution in [0.2, 0.25) is 0 Å². The molecule has 164 valence electrons. The highest BCUT2D eigenvalue weighted by Gasteiger charge is 2.18. The summed E-state index contributed by atoms with van der Waals surface area (Å²) in [4.78, 5) is 32.3. The monoisotopic (exact) mass is 424 g/mol. The Labute approximate surface area is 181 Å². The number of carbonyl (C=O) groups is 1. The van der Waals surface area contributed by atoms with Crippen molar-refractivity contribution in [3.8, 4) is 0 Å². The van der Waals surface area contributed by atoms with Gasteiger partial charge in [0.15, 0.2) is 0 Å². The van der Waals surface area contributed by atoms with E-state index in [-0.39, 0.29) is 17.8 Å². The van der Waals surface area contributed by atoms with Crippen LogP contribution in [0.25, 0.3) is 10.9 Å². The van der Waals surface area contributed by atoms with Crippen molar-refractivity contribution in [3.05, 3.63) is 75.3 Å². The molecule has 6 nitrogen and oxygen atoms in total. The molecule has 1 aromatic heterocycles. The Morgan fingerprint density at radius 3 is 2.48 bits per heavy atom. The molecule has 0 atom stereocenters. The number of fused-ring (bicyclic) bond motifs is 1. The number of para-hydroxylation sites is 1. The number of hydrogen-bond acceptors (Lipinski definition) is 3. The van der Waals surface area contributed by atoms with Crippen molar-refractivity contribution in [3.63, 3.8) is 0 Å². The molecule has 2 aromatic carbocycles. The van der Waals surface area contributed by atoms with E-state index in [1.807, 2.05) is 51.0 Å². The zero-order chi connectivity index (χ0) is 22.5. The number of anilines is 1. The number of aromatic amines is 1. The van der Waals surface area contributed by atoms with E-state index in [0.29, 0.717) is 12.1 Å². The second kappa shape index (κ2) is 9.75. The number of H-pyrrole nitrogens is 1. The van der Waals surface area contributed by atoms with Gasteiger partial charge in [0.25, 0.3) is 5.56 Å². The number of rotatable bonds is 7. The van der Waals surface area contributed by atoms with E-state index in [1.54, 1.807) is 17.0 Å². The quantitative estimate of drug-likeness (QED) is 0.595. The summed E-state index contributed by atoms with van der Waals surface area (Å²) in [6, 6.07) is 11.4. The van der Waals surface area contributed by atoms with E-state index in [1.165, 1.54) is 12.1 Å². The summed E-state index contributed by atoms with van der Waals surface area (Å²) in [5, 5.41) is 3.59. The molecule has 0 fully saturated rings. The summed E-state index contributed by atoms with van der Waals surface area (Å²) >= 11 is 0. The zero-order valence-electron chi connectivity index (χ0n) is 18.5. The molecule has 0 aliphatic rings. The molecule has 31 heavy (non-hydrogen) atoms. The Bertz CT molecular complexity index is 1140. The number of nitrogens with zero attached hydrogens (tertiary/aromatic N) is 2. The molecule has 0 saturated heterocycles. The van der Waals surface area contributed by atoms with Gasteiger partial charge in [-0.2, -0.15) is 0 Å². The standard InChI is InChI=1S/C24H29FN4O2/c1-16-10-11-17(2)22-19(16)14-18(23(30)27-22)15-29(13-7-12-28(3)4)24(31)26-21-9-6-5-8-20(21)25/h5-6,8-11,14H,7,12-13,15H2,1-4H3,(H,26,31)(H,27,30). The molecule has 3 rings (SSSR count). The average Bonchev–Trinajstić information content (AvgIpc) is 2.72. The molecule has 0 bridgehead atoms. The van der Waals surface area contributed by atoms with Crippen LogP contribution < -0.4 is 10.9 Å². The third kappa shape index (κ3) is 5.49. The second-order valence-corrected chi connectivity index (χ2v) is 8.10. The summed E-state index contributed by atoms with van der Waals surface area (Å²) in [5.74, 6) is -0.501. The molecule has 7 heteroatoms. The normalized spacial score (nSPS) is 11.2. The number of halogens is 1. The Balaban J connectivity index is 1.89. The van der Waals surface area contributed by atoms with Gasteiger partial charge in [-0.05, 0) is 70.2 Å². The summed E-state index contributed by atoms with van der Waals surface area (Å²) in [5.41, 5.74) is 3.23. The van der Waals surface area contributed by atoms with E-state index in [9.17, 15) is 14.0 Å². The van der Waals surface area contributed by atoms with Crippen LogP contribution in [0.3, 0.4) is 0 Å². The van der Waals surface area contributed by atoms with Gasteiger partial charge in [0.1, 0.15) is 5.82 Å². The van der Waals surface area contributed by atoms with Gasteiger partial charge in [0.2, 0.25) is 0 Å². The lowest BCUT2D eigenvalue weighted by Gasteiger charge is -2.24. The van der Waals surface area contributed by atoms with Crippen molar-refractivity contribution >= 4 is 22.6 Å². The van der Waals surface area contributed by atoms with Crippen molar-refractivity contribution in [2.24, 2.45) is 0 Å². The molecule has 0 aliphatic carbocycles. The van der Waals surface area contributed by atoms with Gasteiger partial charge in [0, 0.05) is 17.5 Å². The first kappa shape index (κ1) is 22.5. The number of urea groups is 1. The van der Waals surface area contributed by atoms with Gasteiger partial charge >= 0.3 is 6.03 Å². The van der Waals surface area contributed by atoms with Gasteiger partial charge in [0.05, 0.1) is 17.7 Å². The van der Waals surface area contributed by atoms with Crippen LogP contribution in [-0.4, -0.2) is 48.0 Å².